The molecule has 0 radical (unpaired) electrons. The molecule has 1 aromatic carbocycles. The minimum atomic E-state index is -0.450. The number of hydrogen-bond acceptors (Lipinski definition) is 3. The van der Waals surface area contributed by atoms with Crippen molar-refractivity contribution in [1.82, 2.24) is 9.78 Å². The Labute approximate surface area is 122 Å². The van der Waals surface area contributed by atoms with Gasteiger partial charge < -0.3 is 0 Å². The summed E-state index contributed by atoms with van der Waals surface area (Å²) in [6, 6.07) is 7.85. The first-order valence-electron chi connectivity index (χ1n) is 6.48. The molecule has 106 valence electrons. The summed E-state index contributed by atoms with van der Waals surface area (Å²) >= 11 is 6.12. The smallest absolute Gasteiger partial charge is 0.258 e. The molecule has 0 atom stereocenters. The zero-order valence-electron chi connectivity index (χ0n) is 11.5. The molecule has 1 heterocycles. The van der Waals surface area contributed by atoms with Crippen molar-refractivity contribution in [2.75, 3.05) is 0 Å². The van der Waals surface area contributed by atoms with Crippen LogP contribution < -0.4 is 0 Å². The number of rotatable bonds is 5. The van der Waals surface area contributed by atoms with Gasteiger partial charge in [0, 0.05) is 0 Å². The highest BCUT2D eigenvalue weighted by atomic mass is 35.5. The summed E-state index contributed by atoms with van der Waals surface area (Å²) in [6.07, 6.45) is 1.34. The first-order valence-corrected chi connectivity index (χ1v) is 6.86. The van der Waals surface area contributed by atoms with E-state index in [9.17, 15) is 10.1 Å². The largest absolute Gasteiger partial charge is 0.329 e. The second-order valence-corrected chi connectivity index (χ2v) is 5.04. The predicted molar refractivity (Wildman–Crippen MR) is 78.2 cm³/mol. The predicted octanol–water partition coefficient (Wildman–Crippen LogP) is 3.75. The molecular formula is C14H16ClN3O2. The van der Waals surface area contributed by atoms with Gasteiger partial charge in [-0.15, -0.1) is 0 Å². The maximum atomic E-state index is 11.1. The molecule has 0 saturated heterocycles. The first kappa shape index (κ1) is 14.5. The summed E-state index contributed by atoms with van der Waals surface area (Å²) in [5, 5.41) is 15.5. The number of nitrogens with zero attached hydrogens (tertiary/aromatic N) is 3. The van der Waals surface area contributed by atoms with E-state index in [1.54, 1.807) is 0 Å². The summed E-state index contributed by atoms with van der Waals surface area (Å²) in [4.78, 5) is 10.7. The van der Waals surface area contributed by atoms with Gasteiger partial charge in [-0.05, 0) is 24.5 Å². The van der Waals surface area contributed by atoms with Crippen LogP contribution in [0.15, 0.2) is 24.3 Å². The van der Waals surface area contributed by atoms with E-state index < -0.39 is 4.92 Å². The zero-order chi connectivity index (χ0) is 14.7. The Morgan fingerprint density at radius 3 is 2.70 bits per heavy atom. The second-order valence-electron chi connectivity index (χ2n) is 4.68. The number of halogens is 1. The summed E-state index contributed by atoms with van der Waals surface area (Å²) in [6.45, 7) is 4.39. The van der Waals surface area contributed by atoms with Gasteiger partial charge >= 0.3 is 5.69 Å². The van der Waals surface area contributed by atoms with E-state index in [1.165, 1.54) is 4.68 Å². The van der Waals surface area contributed by atoms with Crippen molar-refractivity contribution in [2.45, 2.75) is 33.2 Å². The molecule has 0 aliphatic rings. The van der Waals surface area contributed by atoms with E-state index in [2.05, 4.69) is 5.10 Å². The SMILES string of the molecule is CCCc1nn(Cc2ccccc2C)c(Cl)c1[N+](=O)[O-]. The van der Waals surface area contributed by atoms with Crippen LogP contribution in [0.1, 0.15) is 30.2 Å². The molecule has 0 saturated carbocycles. The van der Waals surface area contributed by atoms with Crippen molar-refractivity contribution in [3.8, 4) is 0 Å². The molecule has 2 aromatic rings. The average molecular weight is 294 g/mol. The van der Waals surface area contributed by atoms with E-state index in [4.69, 9.17) is 11.6 Å². The standard InChI is InChI=1S/C14H16ClN3O2/c1-3-6-12-13(18(19)20)14(15)17(16-12)9-11-8-5-4-7-10(11)2/h4-5,7-8H,3,6,9H2,1-2H3. The van der Waals surface area contributed by atoms with Crippen molar-refractivity contribution in [1.29, 1.82) is 0 Å². The van der Waals surface area contributed by atoms with Gasteiger partial charge in [-0.1, -0.05) is 49.2 Å². The molecule has 0 aliphatic heterocycles. The number of benzene rings is 1. The fourth-order valence-electron chi connectivity index (χ4n) is 2.12. The lowest BCUT2D eigenvalue weighted by atomic mass is 10.1. The Morgan fingerprint density at radius 2 is 2.10 bits per heavy atom. The molecule has 5 nitrogen and oxygen atoms in total. The fraction of sp³-hybridized carbons (Fsp3) is 0.357. The van der Waals surface area contributed by atoms with Crippen molar-refractivity contribution in [2.24, 2.45) is 0 Å². The van der Waals surface area contributed by atoms with Crippen LogP contribution in [0.3, 0.4) is 0 Å². The molecular weight excluding hydrogens is 278 g/mol. The molecule has 20 heavy (non-hydrogen) atoms. The molecule has 0 spiro atoms. The van der Waals surface area contributed by atoms with Crippen molar-refractivity contribution in [3.05, 3.63) is 56.4 Å². The van der Waals surface area contributed by atoms with Gasteiger partial charge in [0.05, 0.1) is 11.5 Å². The van der Waals surface area contributed by atoms with Gasteiger partial charge in [0.15, 0.2) is 0 Å². The summed E-state index contributed by atoms with van der Waals surface area (Å²) in [5.41, 5.74) is 2.55. The monoisotopic (exact) mass is 293 g/mol. The van der Waals surface area contributed by atoms with E-state index in [0.29, 0.717) is 18.7 Å². The van der Waals surface area contributed by atoms with Gasteiger partial charge in [-0.2, -0.15) is 5.10 Å². The Hall–Kier alpha value is -1.88. The molecule has 2 rings (SSSR count). The van der Waals surface area contributed by atoms with Gasteiger partial charge in [0.25, 0.3) is 0 Å². The quantitative estimate of drug-likeness (QED) is 0.623. The minimum Gasteiger partial charge on any atom is -0.258 e. The third-order valence-corrected chi connectivity index (χ3v) is 3.56. The lowest BCUT2D eigenvalue weighted by Gasteiger charge is -2.06. The third kappa shape index (κ3) is 2.82. The summed E-state index contributed by atoms with van der Waals surface area (Å²) in [5.74, 6) is 0. The zero-order valence-corrected chi connectivity index (χ0v) is 12.2. The molecule has 6 heteroatoms. The van der Waals surface area contributed by atoms with Crippen molar-refractivity contribution < 1.29 is 4.92 Å². The summed E-state index contributed by atoms with van der Waals surface area (Å²) in [7, 11) is 0. The lowest BCUT2D eigenvalue weighted by molar-refractivity contribution is -0.385. The number of aryl methyl sites for hydroxylation is 2. The van der Waals surface area contributed by atoms with Crippen LogP contribution in [0.2, 0.25) is 5.15 Å². The third-order valence-electron chi connectivity index (χ3n) is 3.19. The molecule has 0 fully saturated rings. The van der Waals surface area contributed by atoms with E-state index in [1.807, 2.05) is 38.1 Å². The molecule has 0 bridgehead atoms. The van der Waals surface area contributed by atoms with Crippen LogP contribution in [0.25, 0.3) is 0 Å². The highest BCUT2D eigenvalue weighted by Crippen LogP contribution is 2.30. The van der Waals surface area contributed by atoms with E-state index in [-0.39, 0.29) is 10.8 Å². The van der Waals surface area contributed by atoms with Gasteiger partial charge in [0.1, 0.15) is 5.69 Å². The topological polar surface area (TPSA) is 61.0 Å². The number of nitro groups is 1. The molecule has 0 amide bonds. The highest BCUT2D eigenvalue weighted by Gasteiger charge is 2.25. The Bertz CT molecular complexity index is 637. The number of aromatic nitrogens is 2. The van der Waals surface area contributed by atoms with Crippen LogP contribution >= 0.6 is 11.6 Å². The molecule has 0 aliphatic carbocycles. The van der Waals surface area contributed by atoms with Crippen molar-refractivity contribution in [3.63, 3.8) is 0 Å². The van der Waals surface area contributed by atoms with Gasteiger partial charge in [-0.3, -0.25) is 10.1 Å². The van der Waals surface area contributed by atoms with Crippen LogP contribution in [0, 0.1) is 17.0 Å². The molecule has 0 unspecified atom stereocenters. The van der Waals surface area contributed by atoms with Gasteiger partial charge in [0.2, 0.25) is 5.15 Å². The Balaban J connectivity index is 2.40. The minimum absolute atomic E-state index is 0.0675. The van der Waals surface area contributed by atoms with Gasteiger partial charge in [-0.25, -0.2) is 4.68 Å². The Morgan fingerprint density at radius 1 is 1.40 bits per heavy atom. The molecule has 0 N–H and O–H groups in total. The normalized spacial score (nSPS) is 10.8. The summed E-state index contributed by atoms with van der Waals surface area (Å²) < 4.78 is 1.51. The average Bonchev–Trinajstić information content (AvgIpc) is 2.69. The fourth-order valence-corrected chi connectivity index (χ4v) is 2.39. The second kappa shape index (κ2) is 6.05. The molecule has 1 aromatic heterocycles. The first-order chi connectivity index (χ1) is 9.54. The van der Waals surface area contributed by atoms with Crippen LogP contribution in [0.4, 0.5) is 5.69 Å². The maximum absolute atomic E-state index is 11.1. The van der Waals surface area contributed by atoms with E-state index >= 15 is 0 Å². The highest BCUT2D eigenvalue weighted by molar-refractivity contribution is 6.31. The van der Waals surface area contributed by atoms with Crippen molar-refractivity contribution >= 4 is 17.3 Å². The lowest BCUT2D eigenvalue weighted by Crippen LogP contribution is -2.04. The number of hydrogen-bond donors (Lipinski definition) is 0. The Kier molecular flexibility index (Phi) is 4.39. The van der Waals surface area contributed by atoms with E-state index in [0.717, 1.165) is 17.5 Å². The van der Waals surface area contributed by atoms with Crippen LogP contribution in [-0.2, 0) is 13.0 Å². The van der Waals surface area contributed by atoms with Crippen LogP contribution in [0.5, 0.6) is 0 Å². The maximum Gasteiger partial charge on any atom is 0.329 e. The van der Waals surface area contributed by atoms with Crippen LogP contribution in [-0.4, -0.2) is 14.7 Å².